The highest BCUT2D eigenvalue weighted by Crippen LogP contribution is 2.09. The third-order valence-corrected chi connectivity index (χ3v) is 2.43. The van der Waals surface area contributed by atoms with E-state index in [1.54, 1.807) is 13.0 Å². The van der Waals surface area contributed by atoms with Gasteiger partial charge >= 0.3 is 0 Å². The predicted octanol–water partition coefficient (Wildman–Crippen LogP) is 1.89. The number of aryl methyl sites for hydroxylation is 1. The highest BCUT2D eigenvalue weighted by Gasteiger charge is 2.11. The van der Waals surface area contributed by atoms with Gasteiger partial charge in [-0.25, -0.2) is 4.39 Å². The molecule has 0 aliphatic rings. The third-order valence-electron chi connectivity index (χ3n) is 2.43. The van der Waals surface area contributed by atoms with Gasteiger partial charge in [-0.15, -0.1) is 12.4 Å². The lowest BCUT2D eigenvalue weighted by atomic mass is 10.1. The van der Waals surface area contributed by atoms with Crippen molar-refractivity contribution in [2.45, 2.75) is 19.9 Å². The number of hydrogen-bond donors (Lipinski definition) is 2. The molecule has 3 nitrogen and oxygen atoms in total. The van der Waals surface area contributed by atoms with Crippen molar-refractivity contribution >= 4 is 18.3 Å². The molecule has 0 aliphatic heterocycles. The Kier molecular flexibility index (Phi) is 6.76. The average Bonchev–Trinajstić information content (AvgIpc) is 2.25. The van der Waals surface area contributed by atoms with Gasteiger partial charge in [-0.1, -0.05) is 6.07 Å². The van der Waals surface area contributed by atoms with Crippen LogP contribution in [0, 0.1) is 12.7 Å². The smallest absolute Gasteiger partial charge is 0.254 e. The number of rotatable bonds is 4. The first kappa shape index (κ1) is 15.9. The maximum Gasteiger partial charge on any atom is 0.254 e. The van der Waals surface area contributed by atoms with E-state index in [9.17, 15) is 9.18 Å². The molecule has 0 fully saturated rings. The number of carbonyl (C=O) groups excluding carboxylic acids is 1. The molecule has 0 bridgehead atoms. The van der Waals surface area contributed by atoms with Crippen LogP contribution in [0.25, 0.3) is 0 Å². The van der Waals surface area contributed by atoms with Crippen LogP contribution in [0.4, 0.5) is 4.39 Å². The van der Waals surface area contributed by atoms with E-state index in [2.05, 4.69) is 10.6 Å². The van der Waals surface area contributed by atoms with Gasteiger partial charge in [0.1, 0.15) is 5.82 Å². The molecular weight excluding hydrogens is 243 g/mol. The summed E-state index contributed by atoms with van der Waals surface area (Å²) in [4.78, 5) is 11.6. The van der Waals surface area contributed by atoms with Gasteiger partial charge in [-0.2, -0.15) is 0 Å². The summed E-state index contributed by atoms with van der Waals surface area (Å²) < 4.78 is 13.4. The molecule has 0 saturated heterocycles. The number of nitrogens with one attached hydrogen (secondary N) is 2. The second-order valence-electron chi connectivity index (χ2n) is 3.88. The van der Waals surface area contributed by atoms with Crippen LogP contribution in [-0.4, -0.2) is 25.5 Å². The largest absolute Gasteiger partial charge is 0.350 e. The molecule has 1 rings (SSSR count). The lowest BCUT2D eigenvalue weighted by molar-refractivity contribution is 0.0946. The summed E-state index contributed by atoms with van der Waals surface area (Å²) in [6.07, 6.45) is 0. The van der Waals surface area contributed by atoms with Crippen LogP contribution in [0.5, 0.6) is 0 Å². The highest BCUT2D eigenvalue weighted by molar-refractivity contribution is 5.94. The summed E-state index contributed by atoms with van der Waals surface area (Å²) in [5, 5.41) is 5.66. The number of likely N-dealkylation sites (N-methyl/N-ethyl adjacent to an activating group) is 1. The quantitative estimate of drug-likeness (QED) is 0.868. The fourth-order valence-electron chi connectivity index (χ4n) is 1.25. The summed E-state index contributed by atoms with van der Waals surface area (Å²) in [7, 11) is 1.81. The molecule has 0 aliphatic carbocycles. The van der Waals surface area contributed by atoms with Crippen molar-refractivity contribution in [2.24, 2.45) is 0 Å². The standard InChI is InChI=1S/C12H17FN2O.ClH/c1-8-4-5-10(11(13)6-8)12(16)15-7-9(2)14-3;/h4-6,9,14H,7H2,1-3H3,(H,15,16);1H. The Morgan fingerprint density at radius 1 is 1.47 bits per heavy atom. The second-order valence-corrected chi connectivity index (χ2v) is 3.88. The SMILES string of the molecule is CNC(C)CNC(=O)c1ccc(C)cc1F.Cl. The van der Waals surface area contributed by atoms with E-state index >= 15 is 0 Å². The van der Waals surface area contributed by atoms with Gasteiger partial charge in [0, 0.05) is 12.6 Å². The molecule has 1 amide bonds. The van der Waals surface area contributed by atoms with E-state index in [0.717, 1.165) is 5.56 Å². The Morgan fingerprint density at radius 2 is 2.12 bits per heavy atom. The van der Waals surface area contributed by atoms with Crippen molar-refractivity contribution < 1.29 is 9.18 Å². The summed E-state index contributed by atoms with van der Waals surface area (Å²) in [6, 6.07) is 4.75. The van der Waals surface area contributed by atoms with Crippen molar-refractivity contribution in [1.82, 2.24) is 10.6 Å². The minimum absolute atomic E-state index is 0. The van der Waals surface area contributed by atoms with Crippen molar-refractivity contribution in [3.05, 3.63) is 35.1 Å². The third kappa shape index (κ3) is 4.71. The average molecular weight is 261 g/mol. The first-order chi connectivity index (χ1) is 7.54. The zero-order chi connectivity index (χ0) is 12.1. The lowest BCUT2D eigenvalue weighted by Crippen LogP contribution is -2.37. The Labute approximate surface area is 107 Å². The minimum atomic E-state index is -0.477. The second kappa shape index (κ2) is 7.25. The van der Waals surface area contributed by atoms with E-state index in [1.807, 2.05) is 14.0 Å². The van der Waals surface area contributed by atoms with Gasteiger partial charge < -0.3 is 10.6 Å². The summed E-state index contributed by atoms with van der Waals surface area (Å²) in [5.74, 6) is -0.853. The number of halogens is 2. The fourth-order valence-corrected chi connectivity index (χ4v) is 1.25. The summed E-state index contributed by atoms with van der Waals surface area (Å²) in [6.45, 7) is 4.20. The lowest BCUT2D eigenvalue weighted by Gasteiger charge is -2.11. The number of amides is 1. The summed E-state index contributed by atoms with van der Waals surface area (Å²) in [5.41, 5.74) is 0.895. The maximum atomic E-state index is 13.4. The first-order valence-corrected chi connectivity index (χ1v) is 5.26. The van der Waals surface area contributed by atoms with Crippen LogP contribution in [0.1, 0.15) is 22.8 Å². The molecule has 5 heteroatoms. The number of hydrogen-bond acceptors (Lipinski definition) is 2. The Morgan fingerprint density at radius 3 is 2.65 bits per heavy atom. The molecule has 0 heterocycles. The topological polar surface area (TPSA) is 41.1 Å². The van der Waals surface area contributed by atoms with Crippen molar-refractivity contribution in [2.75, 3.05) is 13.6 Å². The molecule has 1 atom stereocenters. The Balaban J connectivity index is 0.00000256. The van der Waals surface area contributed by atoms with Crippen molar-refractivity contribution in [3.63, 3.8) is 0 Å². The van der Waals surface area contributed by atoms with Crippen LogP contribution in [-0.2, 0) is 0 Å². The highest BCUT2D eigenvalue weighted by atomic mass is 35.5. The molecule has 0 radical (unpaired) electrons. The zero-order valence-corrected chi connectivity index (χ0v) is 11.0. The molecule has 0 saturated carbocycles. The van der Waals surface area contributed by atoms with Crippen LogP contribution < -0.4 is 10.6 Å². The van der Waals surface area contributed by atoms with E-state index < -0.39 is 5.82 Å². The number of carbonyl (C=O) groups is 1. The van der Waals surface area contributed by atoms with E-state index in [0.29, 0.717) is 6.54 Å². The van der Waals surface area contributed by atoms with Gasteiger partial charge in [-0.05, 0) is 38.6 Å². The predicted molar refractivity (Wildman–Crippen MR) is 69.2 cm³/mol. The zero-order valence-electron chi connectivity index (χ0n) is 10.2. The molecular formula is C12H18ClFN2O. The number of benzene rings is 1. The van der Waals surface area contributed by atoms with Gasteiger partial charge in [-0.3, -0.25) is 4.79 Å². The van der Waals surface area contributed by atoms with Gasteiger partial charge in [0.05, 0.1) is 5.56 Å². The minimum Gasteiger partial charge on any atom is -0.350 e. The molecule has 2 N–H and O–H groups in total. The van der Waals surface area contributed by atoms with Gasteiger partial charge in [0.15, 0.2) is 0 Å². The molecule has 96 valence electrons. The monoisotopic (exact) mass is 260 g/mol. The maximum absolute atomic E-state index is 13.4. The Hall–Kier alpha value is -1.13. The summed E-state index contributed by atoms with van der Waals surface area (Å²) >= 11 is 0. The molecule has 17 heavy (non-hydrogen) atoms. The van der Waals surface area contributed by atoms with Crippen molar-refractivity contribution in [3.8, 4) is 0 Å². The van der Waals surface area contributed by atoms with Crippen LogP contribution in [0.15, 0.2) is 18.2 Å². The normalized spacial score (nSPS) is 11.5. The van der Waals surface area contributed by atoms with Crippen LogP contribution >= 0.6 is 12.4 Å². The molecule has 0 spiro atoms. The molecule has 0 aromatic heterocycles. The van der Waals surface area contributed by atoms with E-state index in [4.69, 9.17) is 0 Å². The van der Waals surface area contributed by atoms with Crippen LogP contribution in [0.2, 0.25) is 0 Å². The van der Waals surface area contributed by atoms with E-state index in [1.165, 1.54) is 12.1 Å². The Bertz CT molecular complexity index is 385. The fraction of sp³-hybridized carbons (Fsp3) is 0.417. The molecule has 1 aromatic rings. The van der Waals surface area contributed by atoms with Gasteiger partial charge in [0.25, 0.3) is 5.91 Å². The van der Waals surface area contributed by atoms with Gasteiger partial charge in [0.2, 0.25) is 0 Å². The molecule has 1 unspecified atom stereocenters. The van der Waals surface area contributed by atoms with E-state index in [-0.39, 0.29) is 29.9 Å². The molecule has 1 aromatic carbocycles. The first-order valence-electron chi connectivity index (χ1n) is 5.26. The van der Waals surface area contributed by atoms with Crippen LogP contribution in [0.3, 0.4) is 0 Å². The van der Waals surface area contributed by atoms with Crippen molar-refractivity contribution in [1.29, 1.82) is 0 Å².